The molecule has 1 aromatic heterocycles. The van der Waals surface area contributed by atoms with Crippen LogP contribution in [0, 0.1) is 18.8 Å². The van der Waals surface area contributed by atoms with Crippen LogP contribution in [-0.2, 0) is 0 Å². The van der Waals surface area contributed by atoms with Crippen LogP contribution in [0.15, 0.2) is 6.07 Å². The number of nitrogens with one attached hydrogen (secondary N) is 2. The molecule has 0 saturated heterocycles. The molecule has 1 aliphatic carbocycles. The van der Waals surface area contributed by atoms with Crippen LogP contribution in [0.5, 0.6) is 0 Å². The Balaban J connectivity index is 1.95. The molecule has 0 aliphatic heterocycles. The highest BCUT2D eigenvalue weighted by Crippen LogP contribution is 2.31. The van der Waals surface area contributed by atoms with Gasteiger partial charge in [-0.1, -0.05) is 6.42 Å². The summed E-state index contributed by atoms with van der Waals surface area (Å²) >= 11 is 0. The summed E-state index contributed by atoms with van der Waals surface area (Å²) in [5, 5.41) is 15.9. The van der Waals surface area contributed by atoms with Gasteiger partial charge in [-0.3, -0.25) is 0 Å². The van der Waals surface area contributed by atoms with Crippen LogP contribution in [0.4, 0.5) is 11.6 Å². The van der Waals surface area contributed by atoms with E-state index in [2.05, 4.69) is 27.5 Å². The number of aromatic nitrogens is 2. The van der Waals surface area contributed by atoms with Crippen LogP contribution in [0.1, 0.15) is 32.0 Å². The number of nitrogens with zero attached hydrogens (tertiary/aromatic N) is 2. The van der Waals surface area contributed by atoms with Gasteiger partial charge in [-0.15, -0.1) is 0 Å². The van der Waals surface area contributed by atoms with Gasteiger partial charge >= 0.3 is 0 Å². The smallest absolute Gasteiger partial charge is 0.131 e. The zero-order valence-electron chi connectivity index (χ0n) is 11.8. The highest BCUT2D eigenvalue weighted by molar-refractivity contribution is 5.47. The molecule has 1 aromatic rings. The topological polar surface area (TPSA) is 70.1 Å². The average molecular weight is 264 g/mol. The lowest BCUT2D eigenvalue weighted by molar-refractivity contribution is 0.199. The Kier molecular flexibility index (Phi) is 4.96. The van der Waals surface area contributed by atoms with Crippen molar-refractivity contribution in [3.8, 4) is 0 Å². The van der Waals surface area contributed by atoms with Crippen LogP contribution < -0.4 is 10.6 Å². The molecule has 19 heavy (non-hydrogen) atoms. The van der Waals surface area contributed by atoms with Crippen molar-refractivity contribution in [1.82, 2.24) is 9.97 Å². The fourth-order valence-corrected chi connectivity index (χ4v) is 2.79. The molecular formula is C14H24N4O. The van der Waals surface area contributed by atoms with Gasteiger partial charge in [-0.05, 0) is 38.5 Å². The van der Waals surface area contributed by atoms with Crippen molar-refractivity contribution >= 4 is 11.6 Å². The second kappa shape index (κ2) is 6.70. The van der Waals surface area contributed by atoms with Gasteiger partial charge in [-0.2, -0.15) is 0 Å². The fraction of sp³-hybridized carbons (Fsp3) is 0.714. The maximum absolute atomic E-state index is 9.33. The second-order valence-corrected chi connectivity index (χ2v) is 5.23. The molecule has 1 heterocycles. The Bertz CT molecular complexity index is 410. The van der Waals surface area contributed by atoms with Crippen LogP contribution in [-0.4, -0.2) is 34.8 Å². The zero-order valence-corrected chi connectivity index (χ0v) is 11.8. The quantitative estimate of drug-likeness (QED) is 0.733. The number of aliphatic hydroxyl groups excluding tert-OH is 1. The van der Waals surface area contributed by atoms with Crippen molar-refractivity contribution in [1.29, 1.82) is 0 Å². The summed E-state index contributed by atoms with van der Waals surface area (Å²) in [6.45, 7) is 5.99. The first-order valence-corrected chi connectivity index (χ1v) is 7.17. The molecule has 0 bridgehead atoms. The molecule has 1 aliphatic rings. The lowest BCUT2D eigenvalue weighted by atomic mass is 9.97. The molecule has 0 spiro atoms. The number of aliphatic hydroxyl groups is 1. The predicted molar refractivity (Wildman–Crippen MR) is 77.3 cm³/mol. The summed E-state index contributed by atoms with van der Waals surface area (Å²) in [4.78, 5) is 8.74. The Labute approximate surface area is 114 Å². The maximum Gasteiger partial charge on any atom is 0.131 e. The van der Waals surface area contributed by atoms with Crippen molar-refractivity contribution in [2.24, 2.45) is 11.8 Å². The van der Waals surface area contributed by atoms with Crippen molar-refractivity contribution < 1.29 is 5.11 Å². The van der Waals surface area contributed by atoms with E-state index in [1.54, 1.807) is 0 Å². The number of aryl methyl sites for hydroxylation is 1. The van der Waals surface area contributed by atoms with Gasteiger partial charge in [0.1, 0.15) is 17.5 Å². The monoisotopic (exact) mass is 264 g/mol. The molecule has 106 valence electrons. The van der Waals surface area contributed by atoms with Gasteiger partial charge in [0, 0.05) is 25.8 Å². The Morgan fingerprint density at radius 3 is 2.58 bits per heavy atom. The molecule has 5 heteroatoms. The highest BCUT2D eigenvalue weighted by atomic mass is 16.3. The van der Waals surface area contributed by atoms with Crippen LogP contribution in [0.25, 0.3) is 0 Å². The SMILES string of the molecule is CCNc1cc(NCC2CCCC2CO)nc(C)n1. The number of hydrogen-bond donors (Lipinski definition) is 3. The van der Waals surface area contributed by atoms with Crippen molar-refractivity contribution in [2.75, 3.05) is 30.3 Å². The van der Waals surface area contributed by atoms with E-state index in [-0.39, 0.29) is 0 Å². The Morgan fingerprint density at radius 2 is 1.89 bits per heavy atom. The minimum absolute atomic E-state index is 0.303. The van der Waals surface area contributed by atoms with Gasteiger partial charge in [0.15, 0.2) is 0 Å². The summed E-state index contributed by atoms with van der Waals surface area (Å²) in [6, 6.07) is 1.94. The molecule has 0 amide bonds. The number of anilines is 2. The lowest BCUT2D eigenvalue weighted by Crippen LogP contribution is -2.21. The third-order valence-corrected chi connectivity index (χ3v) is 3.79. The van der Waals surface area contributed by atoms with E-state index < -0.39 is 0 Å². The van der Waals surface area contributed by atoms with E-state index >= 15 is 0 Å². The molecular weight excluding hydrogens is 240 g/mol. The number of hydrogen-bond acceptors (Lipinski definition) is 5. The van der Waals surface area contributed by atoms with E-state index in [4.69, 9.17) is 0 Å². The van der Waals surface area contributed by atoms with Crippen molar-refractivity contribution in [2.45, 2.75) is 33.1 Å². The van der Waals surface area contributed by atoms with E-state index in [0.29, 0.717) is 18.4 Å². The zero-order chi connectivity index (χ0) is 13.7. The van der Waals surface area contributed by atoms with Crippen molar-refractivity contribution in [3.63, 3.8) is 0 Å². The normalized spacial score (nSPS) is 22.5. The fourth-order valence-electron chi connectivity index (χ4n) is 2.79. The van der Waals surface area contributed by atoms with E-state index in [0.717, 1.165) is 37.0 Å². The molecule has 0 aromatic carbocycles. The van der Waals surface area contributed by atoms with Crippen LogP contribution in [0.2, 0.25) is 0 Å². The third kappa shape index (κ3) is 3.80. The second-order valence-electron chi connectivity index (χ2n) is 5.23. The molecule has 2 unspecified atom stereocenters. The Morgan fingerprint density at radius 1 is 1.21 bits per heavy atom. The predicted octanol–water partition coefficient (Wildman–Crippen LogP) is 2.04. The van der Waals surface area contributed by atoms with Gasteiger partial charge in [0.2, 0.25) is 0 Å². The minimum atomic E-state index is 0.303. The van der Waals surface area contributed by atoms with Crippen molar-refractivity contribution in [3.05, 3.63) is 11.9 Å². The van der Waals surface area contributed by atoms with Gasteiger partial charge < -0.3 is 15.7 Å². The molecule has 3 N–H and O–H groups in total. The first-order chi connectivity index (χ1) is 9.22. The summed E-state index contributed by atoms with van der Waals surface area (Å²) < 4.78 is 0. The van der Waals surface area contributed by atoms with E-state index in [1.165, 1.54) is 12.8 Å². The summed E-state index contributed by atoms with van der Waals surface area (Å²) in [7, 11) is 0. The standard InChI is InChI=1S/C14H24N4O/c1-3-15-13-7-14(18-10(2)17-13)16-8-11-5-4-6-12(11)9-19/h7,11-12,19H,3-6,8-9H2,1-2H3,(H2,15,16,17,18). The molecule has 2 rings (SSSR count). The van der Waals surface area contributed by atoms with Crippen LogP contribution >= 0.6 is 0 Å². The van der Waals surface area contributed by atoms with E-state index in [1.807, 2.05) is 13.0 Å². The molecule has 1 saturated carbocycles. The molecule has 0 radical (unpaired) electrons. The molecule has 1 fully saturated rings. The molecule has 2 atom stereocenters. The van der Waals surface area contributed by atoms with Gasteiger partial charge in [0.05, 0.1) is 0 Å². The first-order valence-electron chi connectivity index (χ1n) is 7.17. The van der Waals surface area contributed by atoms with Gasteiger partial charge in [0.25, 0.3) is 0 Å². The lowest BCUT2D eigenvalue weighted by Gasteiger charge is -2.18. The number of rotatable bonds is 6. The highest BCUT2D eigenvalue weighted by Gasteiger charge is 2.26. The Hall–Kier alpha value is -1.36. The summed E-state index contributed by atoms with van der Waals surface area (Å²) in [6.07, 6.45) is 3.57. The van der Waals surface area contributed by atoms with Crippen LogP contribution in [0.3, 0.4) is 0 Å². The first kappa shape index (κ1) is 14.1. The molecule has 5 nitrogen and oxygen atoms in total. The van der Waals surface area contributed by atoms with E-state index in [9.17, 15) is 5.11 Å². The summed E-state index contributed by atoms with van der Waals surface area (Å²) in [5.74, 6) is 3.51. The average Bonchev–Trinajstić information content (AvgIpc) is 2.83. The van der Waals surface area contributed by atoms with Gasteiger partial charge in [-0.25, -0.2) is 9.97 Å². The summed E-state index contributed by atoms with van der Waals surface area (Å²) in [5.41, 5.74) is 0. The largest absolute Gasteiger partial charge is 0.396 e. The maximum atomic E-state index is 9.33. The minimum Gasteiger partial charge on any atom is -0.396 e. The third-order valence-electron chi connectivity index (χ3n) is 3.79.